The van der Waals surface area contributed by atoms with Gasteiger partial charge in [-0.05, 0) is 65.1 Å². The quantitative estimate of drug-likeness (QED) is 0.731. The van der Waals surface area contributed by atoms with Crippen LogP contribution in [0.1, 0.15) is 37.6 Å². The molecule has 20 heavy (non-hydrogen) atoms. The lowest BCUT2D eigenvalue weighted by Gasteiger charge is -2.34. The van der Waals surface area contributed by atoms with Crippen LogP contribution in [-0.4, -0.2) is 9.67 Å². The van der Waals surface area contributed by atoms with Crippen LogP contribution >= 0.6 is 22.6 Å². The Kier molecular flexibility index (Phi) is 3.41. The zero-order valence-electron chi connectivity index (χ0n) is 11.5. The maximum atomic E-state index is 13.3. The van der Waals surface area contributed by atoms with Gasteiger partial charge in [-0.2, -0.15) is 0 Å². The summed E-state index contributed by atoms with van der Waals surface area (Å²) in [5, 5.41) is 10.3. The van der Waals surface area contributed by atoms with Crippen LogP contribution in [0.25, 0.3) is 5.69 Å². The third-order valence-corrected chi connectivity index (χ3v) is 4.81. The predicted octanol–water partition coefficient (Wildman–Crippen LogP) is 4.23. The van der Waals surface area contributed by atoms with Crippen molar-refractivity contribution >= 4 is 22.6 Å². The largest absolute Gasteiger partial charge is 0.388 e. The summed E-state index contributed by atoms with van der Waals surface area (Å²) in [5.41, 5.74) is 3.19. The molecule has 3 rings (SSSR count). The lowest BCUT2D eigenvalue weighted by molar-refractivity contribution is 0.0987. The maximum Gasteiger partial charge on any atom is 0.124 e. The van der Waals surface area contributed by atoms with Crippen molar-refractivity contribution in [2.75, 3.05) is 0 Å². The van der Waals surface area contributed by atoms with E-state index in [9.17, 15) is 9.50 Å². The summed E-state index contributed by atoms with van der Waals surface area (Å²) in [6.45, 7) is 4.35. The Morgan fingerprint density at radius 1 is 1.35 bits per heavy atom. The number of aliphatic hydroxyl groups is 1. The van der Waals surface area contributed by atoms with Crippen molar-refractivity contribution in [2.45, 2.75) is 32.8 Å². The van der Waals surface area contributed by atoms with Crippen LogP contribution in [0.2, 0.25) is 0 Å². The van der Waals surface area contributed by atoms with Crippen molar-refractivity contribution in [1.82, 2.24) is 4.57 Å². The molecular formula is C16H17FINO. The Balaban J connectivity index is 2.13. The highest BCUT2D eigenvalue weighted by Crippen LogP contribution is 2.42. The molecule has 1 atom stereocenters. The summed E-state index contributed by atoms with van der Waals surface area (Å²) in [5.74, 6) is -0.223. The molecule has 0 aliphatic heterocycles. The molecule has 0 fully saturated rings. The summed E-state index contributed by atoms with van der Waals surface area (Å²) < 4.78 is 16.2. The van der Waals surface area contributed by atoms with E-state index in [1.54, 1.807) is 6.07 Å². The Bertz CT molecular complexity index is 662. The van der Waals surface area contributed by atoms with E-state index < -0.39 is 6.10 Å². The SMILES string of the molecule is CC1(C)Cc2c(ccn2-c2ccc(F)cc2I)C(O)C1. The molecule has 1 aliphatic carbocycles. The first-order chi connectivity index (χ1) is 9.37. The highest BCUT2D eigenvalue weighted by atomic mass is 127. The second-order valence-electron chi connectivity index (χ2n) is 6.24. The molecule has 1 N–H and O–H groups in total. The van der Waals surface area contributed by atoms with Crippen molar-refractivity contribution in [3.8, 4) is 5.69 Å². The number of fused-ring (bicyclic) bond motifs is 1. The lowest BCUT2D eigenvalue weighted by Crippen LogP contribution is -2.26. The smallest absolute Gasteiger partial charge is 0.124 e. The highest BCUT2D eigenvalue weighted by molar-refractivity contribution is 14.1. The molecule has 106 valence electrons. The van der Waals surface area contributed by atoms with Gasteiger partial charge < -0.3 is 9.67 Å². The fraction of sp³-hybridized carbons (Fsp3) is 0.375. The molecule has 1 aromatic heterocycles. The first-order valence-corrected chi connectivity index (χ1v) is 7.79. The van der Waals surface area contributed by atoms with E-state index in [1.807, 2.05) is 12.3 Å². The van der Waals surface area contributed by atoms with Gasteiger partial charge in [-0.3, -0.25) is 0 Å². The summed E-state index contributed by atoms with van der Waals surface area (Å²) in [6, 6.07) is 6.79. The second-order valence-corrected chi connectivity index (χ2v) is 7.41. The number of rotatable bonds is 1. The van der Waals surface area contributed by atoms with Crippen molar-refractivity contribution in [1.29, 1.82) is 0 Å². The first kappa shape index (κ1) is 14.1. The van der Waals surface area contributed by atoms with Gasteiger partial charge in [0.1, 0.15) is 5.82 Å². The van der Waals surface area contributed by atoms with Crippen LogP contribution in [0.4, 0.5) is 4.39 Å². The molecule has 1 aliphatic rings. The van der Waals surface area contributed by atoms with Gasteiger partial charge in [0.05, 0.1) is 11.8 Å². The van der Waals surface area contributed by atoms with Gasteiger partial charge in [-0.15, -0.1) is 0 Å². The van der Waals surface area contributed by atoms with Gasteiger partial charge in [-0.1, -0.05) is 13.8 Å². The van der Waals surface area contributed by atoms with E-state index in [1.165, 1.54) is 12.1 Å². The second kappa shape index (κ2) is 4.84. The monoisotopic (exact) mass is 385 g/mol. The lowest BCUT2D eigenvalue weighted by atomic mass is 9.75. The van der Waals surface area contributed by atoms with Crippen LogP contribution < -0.4 is 0 Å². The van der Waals surface area contributed by atoms with E-state index in [2.05, 4.69) is 41.0 Å². The number of aliphatic hydroxyl groups excluding tert-OH is 1. The molecule has 0 saturated carbocycles. The molecule has 0 bridgehead atoms. The zero-order valence-corrected chi connectivity index (χ0v) is 13.7. The summed E-state index contributed by atoms with van der Waals surface area (Å²) in [6.07, 6.45) is 3.27. The maximum absolute atomic E-state index is 13.3. The number of aromatic nitrogens is 1. The van der Waals surface area contributed by atoms with E-state index >= 15 is 0 Å². The Hall–Kier alpha value is -0.880. The van der Waals surface area contributed by atoms with Gasteiger partial charge in [0.15, 0.2) is 0 Å². The first-order valence-electron chi connectivity index (χ1n) is 6.71. The molecule has 0 radical (unpaired) electrons. The molecule has 0 amide bonds. The predicted molar refractivity (Wildman–Crippen MR) is 85.5 cm³/mol. The fourth-order valence-electron chi connectivity index (χ4n) is 3.03. The van der Waals surface area contributed by atoms with E-state index in [0.29, 0.717) is 0 Å². The fourth-order valence-corrected chi connectivity index (χ4v) is 3.77. The van der Waals surface area contributed by atoms with Crippen LogP contribution in [0, 0.1) is 14.8 Å². The number of hydrogen-bond donors (Lipinski definition) is 1. The number of benzene rings is 1. The van der Waals surface area contributed by atoms with E-state index in [0.717, 1.165) is 33.4 Å². The van der Waals surface area contributed by atoms with Gasteiger partial charge in [-0.25, -0.2) is 4.39 Å². The van der Waals surface area contributed by atoms with Gasteiger partial charge >= 0.3 is 0 Å². The number of hydrogen-bond acceptors (Lipinski definition) is 1. The molecule has 1 heterocycles. The Morgan fingerprint density at radius 3 is 2.80 bits per heavy atom. The molecule has 0 spiro atoms. The van der Waals surface area contributed by atoms with Crippen LogP contribution in [-0.2, 0) is 6.42 Å². The van der Waals surface area contributed by atoms with E-state index in [-0.39, 0.29) is 11.2 Å². The normalized spacial score (nSPS) is 20.8. The van der Waals surface area contributed by atoms with Crippen molar-refractivity contribution < 1.29 is 9.50 Å². The third-order valence-electron chi connectivity index (χ3n) is 3.95. The molecule has 2 aromatic rings. The summed E-state index contributed by atoms with van der Waals surface area (Å²) in [7, 11) is 0. The molecular weight excluding hydrogens is 368 g/mol. The van der Waals surface area contributed by atoms with Crippen molar-refractivity contribution in [3.63, 3.8) is 0 Å². The average Bonchev–Trinajstić information content (AvgIpc) is 2.71. The average molecular weight is 385 g/mol. The van der Waals surface area contributed by atoms with E-state index in [4.69, 9.17) is 0 Å². The van der Waals surface area contributed by atoms with Crippen molar-refractivity contribution in [2.24, 2.45) is 5.41 Å². The standard InChI is InChI=1S/C16H17FINO/c1-16(2)8-14-11(15(20)9-16)5-6-19(14)13-4-3-10(17)7-12(13)18/h3-7,15,20H,8-9H2,1-2H3. The minimum atomic E-state index is -0.409. The molecule has 1 unspecified atom stereocenters. The van der Waals surface area contributed by atoms with Crippen LogP contribution in [0.15, 0.2) is 30.5 Å². The molecule has 0 saturated heterocycles. The number of halogens is 2. The van der Waals surface area contributed by atoms with Crippen LogP contribution in [0.3, 0.4) is 0 Å². The zero-order chi connectivity index (χ0) is 14.5. The minimum Gasteiger partial charge on any atom is -0.388 e. The molecule has 2 nitrogen and oxygen atoms in total. The minimum absolute atomic E-state index is 0.0774. The molecule has 1 aromatic carbocycles. The van der Waals surface area contributed by atoms with Gasteiger partial charge in [0.25, 0.3) is 0 Å². The Morgan fingerprint density at radius 2 is 2.10 bits per heavy atom. The molecule has 4 heteroatoms. The number of nitrogens with zero attached hydrogens (tertiary/aromatic N) is 1. The summed E-state index contributed by atoms with van der Waals surface area (Å²) >= 11 is 2.15. The topological polar surface area (TPSA) is 25.2 Å². The highest BCUT2D eigenvalue weighted by Gasteiger charge is 2.33. The van der Waals surface area contributed by atoms with Gasteiger partial charge in [0.2, 0.25) is 0 Å². The van der Waals surface area contributed by atoms with Gasteiger partial charge in [0, 0.05) is 21.0 Å². The Labute approximate surface area is 131 Å². The van der Waals surface area contributed by atoms with Crippen molar-refractivity contribution in [3.05, 3.63) is 51.1 Å². The summed E-state index contributed by atoms with van der Waals surface area (Å²) in [4.78, 5) is 0. The third kappa shape index (κ3) is 2.39. The van der Waals surface area contributed by atoms with Crippen LogP contribution in [0.5, 0.6) is 0 Å².